The smallest absolute Gasteiger partial charge is 0.165 e. The van der Waals surface area contributed by atoms with E-state index in [1.807, 2.05) is 0 Å². The van der Waals surface area contributed by atoms with Gasteiger partial charge in [0.2, 0.25) is 0 Å². The Balaban J connectivity index is 3.33. The lowest BCUT2D eigenvalue weighted by atomic mass is 9.95. The van der Waals surface area contributed by atoms with Crippen molar-refractivity contribution in [2.45, 2.75) is 25.8 Å². The van der Waals surface area contributed by atoms with E-state index in [9.17, 15) is 9.50 Å². The fourth-order valence-electron chi connectivity index (χ4n) is 1.49. The third kappa shape index (κ3) is 2.77. The number of rotatable bonds is 3. The highest BCUT2D eigenvalue weighted by Gasteiger charge is 2.22. The molecule has 0 aromatic heterocycles. The first kappa shape index (κ1) is 13.1. The molecule has 0 amide bonds. The maximum absolute atomic E-state index is 13.3. The van der Waals surface area contributed by atoms with Crippen molar-refractivity contribution < 1.29 is 14.2 Å². The van der Waals surface area contributed by atoms with Gasteiger partial charge in [0.05, 0.1) is 12.1 Å². The number of hydrogen-bond acceptors (Lipinski definition) is 3. The van der Waals surface area contributed by atoms with Crippen LogP contribution in [0, 0.1) is 5.82 Å². The molecule has 3 nitrogen and oxygen atoms in total. The van der Waals surface area contributed by atoms with Crippen LogP contribution >= 0.6 is 11.6 Å². The summed E-state index contributed by atoms with van der Waals surface area (Å²) in [7, 11) is 1.39. The summed E-state index contributed by atoms with van der Waals surface area (Å²) in [6.45, 7) is 3.56. The van der Waals surface area contributed by atoms with Crippen LogP contribution in [0.25, 0.3) is 0 Å². The lowest BCUT2D eigenvalue weighted by Gasteiger charge is -2.21. The first-order valence-electron chi connectivity index (χ1n) is 4.79. The molecule has 1 aromatic carbocycles. The minimum Gasteiger partial charge on any atom is -0.504 e. The van der Waals surface area contributed by atoms with E-state index in [2.05, 4.69) is 0 Å². The number of halogens is 2. The van der Waals surface area contributed by atoms with E-state index in [-0.39, 0.29) is 16.5 Å². The molecule has 0 saturated carbocycles. The largest absolute Gasteiger partial charge is 0.504 e. The van der Waals surface area contributed by atoms with Crippen LogP contribution in [0.3, 0.4) is 0 Å². The Bertz CT molecular complexity index is 402. The van der Waals surface area contributed by atoms with Crippen LogP contribution in [0.1, 0.15) is 19.4 Å². The molecular weight excluding hydrogens is 233 g/mol. The zero-order chi connectivity index (χ0) is 12.5. The van der Waals surface area contributed by atoms with E-state index in [0.29, 0.717) is 12.0 Å². The maximum Gasteiger partial charge on any atom is 0.165 e. The third-order valence-electron chi connectivity index (χ3n) is 2.08. The van der Waals surface area contributed by atoms with Crippen molar-refractivity contribution in [3.8, 4) is 11.5 Å². The minimum absolute atomic E-state index is 0.0619. The van der Waals surface area contributed by atoms with Gasteiger partial charge in [-0.3, -0.25) is 0 Å². The standard InChI is InChI=1S/C11H15ClFNO2/c1-11(2,14)5-6-9(12)7(13)4-8(15)10(6)16-3/h4,15H,5,14H2,1-3H3. The van der Waals surface area contributed by atoms with Crippen LogP contribution in [-0.4, -0.2) is 17.8 Å². The van der Waals surface area contributed by atoms with Crippen LogP contribution in [0.2, 0.25) is 5.02 Å². The minimum atomic E-state index is -0.681. The number of benzene rings is 1. The van der Waals surface area contributed by atoms with Gasteiger partial charge in [0.25, 0.3) is 0 Å². The summed E-state index contributed by atoms with van der Waals surface area (Å²) >= 11 is 5.83. The average Bonchev–Trinajstić information content (AvgIpc) is 2.12. The van der Waals surface area contributed by atoms with E-state index in [1.165, 1.54) is 7.11 Å². The number of aromatic hydroxyl groups is 1. The number of phenols is 1. The summed E-state index contributed by atoms with van der Waals surface area (Å²) < 4.78 is 18.3. The molecule has 0 radical (unpaired) electrons. The predicted octanol–water partition coefficient (Wildman–Crippen LogP) is 2.47. The summed E-state index contributed by atoms with van der Waals surface area (Å²) in [6.07, 6.45) is 0.306. The second-order valence-electron chi connectivity index (χ2n) is 4.37. The Labute approximate surface area is 99.0 Å². The molecule has 0 atom stereocenters. The van der Waals surface area contributed by atoms with Gasteiger partial charge in [0.1, 0.15) is 5.82 Å². The molecule has 1 aromatic rings. The van der Waals surface area contributed by atoms with Crippen LogP contribution in [0.15, 0.2) is 6.07 Å². The molecular formula is C11H15ClFNO2. The Hall–Kier alpha value is -1.00. The highest BCUT2D eigenvalue weighted by Crippen LogP contribution is 2.38. The van der Waals surface area contributed by atoms with Crippen molar-refractivity contribution in [3.63, 3.8) is 0 Å². The van der Waals surface area contributed by atoms with Crippen LogP contribution in [-0.2, 0) is 6.42 Å². The molecule has 0 aliphatic heterocycles. The lowest BCUT2D eigenvalue weighted by Crippen LogP contribution is -2.34. The summed E-state index contributed by atoms with van der Waals surface area (Å²) in [5.41, 5.74) is 5.65. The Morgan fingerprint density at radius 1 is 1.56 bits per heavy atom. The monoisotopic (exact) mass is 247 g/mol. The molecule has 1 rings (SSSR count). The number of hydrogen-bond donors (Lipinski definition) is 2. The maximum atomic E-state index is 13.3. The van der Waals surface area contributed by atoms with E-state index < -0.39 is 11.4 Å². The van der Waals surface area contributed by atoms with Crippen molar-refractivity contribution in [3.05, 3.63) is 22.5 Å². The fourth-order valence-corrected chi connectivity index (χ4v) is 1.70. The normalized spacial score (nSPS) is 11.6. The van der Waals surface area contributed by atoms with E-state index in [4.69, 9.17) is 22.1 Å². The SMILES string of the molecule is COc1c(O)cc(F)c(Cl)c1CC(C)(C)N. The molecule has 90 valence electrons. The molecule has 0 unspecified atom stereocenters. The number of phenolic OH excluding ortho intramolecular Hbond substituents is 1. The van der Waals surface area contributed by atoms with Gasteiger partial charge in [-0.25, -0.2) is 4.39 Å². The second-order valence-corrected chi connectivity index (χ2v) is 4.75. The molecule has 0 spiro atoms. The van der Waals surface area contributed by atoms with Gasteiger partial charge in [-0.2, -0.15) is 0 Å². The van der Waals surface area contributed by atoms with Gasteiger partial charge < -0.3 is 15.6 Å². The van der Waals surface area contributed by atoms with Crippen molar-refractivity contribution >= 4 is 11.6 Å². The van der Waals surface area contributed by atoms with Crippen LogP contribution < -0.4 is 10.5 Å². The molecule has 3 N–H and O–H groups in total. The molecule has 5 heteroatoms. The van der Waals surface area contributed by atoms with E-state index >= 15 is 0 Å². The third-order valence-corrected chi connectivity index (χ3v) is 2.49. The zero-order valence-corrected chi connectivity index (χ0v) is 10.2. The Kier molecular flexibility index (Phi) is 3.65. The highest BCUT2D eigenvalue weighted by atomic mass is 35.5. The molecule has 0 fully saturated rings. The topological polar surface area (TPSA) is 55.5 Å². The van der Waals surface area contributed by atoms with Gasteiger partial charge in [-0.15, -0.1) is 0 Å². The summed E-state index contributed by atoms with van der Waals surface area (Å²) in [4.78, 5) is 0. The molecule has 0 aliphatic carbocycles. The zero-order valence-electron chi connectivity index (χ0n) is 9.47. The summed E-state index contributed by atoms with van der Waals surface area (Å²) in [5, 5.41) is 9.47. The van der Waals surface area contributed by atoms with Gasteiger partial charge in [-0.05, 0) is 20.3 Å². The first-order valence-corrected chi connectivity index (χ1v) is 5.17. The predicted molar refractivity (Wildman–Crippen MR) is 61.6 cm³/mol. The van der Waals surface area contributed by atoms with Gasteiger partial charge >= 0.3 is 0 Å². The second kappa shape index (κ2) is 4.47. The van der Waals surface area contributed by atoms with Crippen molar-refractivity contribution in [1.82, 2.24) is 0 Å². The molecule has 0 aliphatic rings. The van der Waals surface area contributed by atoms with Gasteiger partial charge in [0.15, 0.2) is 11.5 Å². The number of nitrogens with two attached hydrogens (primary N) is 1. The number of methoxy groups -OCH3 is 1. The molecule has 0 saturated heterocycles. The van der Waals surface area contributed by atoms with Crippen molar-refractivity contribution in [2.24, 2.45) is 5.73 Å². The first-order chi connectivity index (χ1) is 7.26. The molecule has 0 heterocycles. The molecule has 0 bridgehead atoms. The highest BCUT2D eigenvalue weighted by molar-refractivity contribution is 6.31. The van der Waals surface area contributed by atoms with E-state index in [1.54, 1.807) is 13.8 Å². The van der Waals surface area contributed by atoms with Crippen molar-refractivity contribution in [2.75, 3.05) is 7.11 Å². The van der Waals surface area contributed by atoms with Crippen LogP contribution in [0.5, 0.6) is 11.5 Å². The lowest BCUT2D eigenvalue weighted by molar-refractivity contribution is 0.362. The van der Waals surface area contributed by atoms with Gasteiger partial charge in [-0.1, -0.05) is 11.6 Å². The van der Waals surface area contributed by atoms with E-state index in [0.717, 1.165) is 6.07 Å². The van der Waals surface area contributed by atoms with Crippen LogP contribution in [0.4, 0.5) is 4.39 Å². The van der Waals surface area contributed by atoms with Crippen molar-refractivity contribution in [1.29, 1.82) is 0 Å². The summed E-state index contributed by atoms with van der Waals surface area (Å²) in [5.74, 6) is -0.784. The number of ether oxygens (including phenoxy) is 1. The fraction of sp³-hybridized carbons (Fsp3) is 0.455. The summed E-state index contributed by atoms with van der Waals surface area (Å²) in [6, 6.07) is 0.925. The van der Waals surface area contributed by atoms with Gasteiger partial charge in [0, 0.05) is 17.2 Å². The quantitative estimate of drug-likeness (QED) is 0.863. The molecule has 16 heavy (non-hydrogen) atoms. The Morgan fingerprint density at radius 3 is 2.56 bits per heavy atom. The Morgan fingerprint density at radius 2 is 2.12 bits per heavy atom. The average molecular weight is 248 g/mol.